The van der Waals surface area contributed by atoms with Gasteiger partial charge in [0.25, 0.3) is 0 Å². The highest BCUT2D eigenvalue weighted by atomic mass is 16.6. The van der Waals surface area contributed by atoms with E-state index in [0.29, 0.717) is 0 Å². The summed E-state index contributed by atoms with van der Waals surface area (Å²) >= 11 is 0. The van der Waals surface area contributed by atoms with E-state index in [1.807, 2.05) is 66.7 Å². The molecule has 10 nitrogen and oxygen atoms in total. The standard InChI is InChI=1S/C33H37N3O7/c1-21(2)30(36-33(40)43-18-28-26-15-9-7-13-24(26)25-14-8-10-16-27(25)28)32(39)35-22(3)31(38)34-20-41-19-29(37)42-17-23-11-5-4-6-12-23/h4-16,21-22,28,30H,17-20H2,1-3H3,(H,34,38)(H,35,39)(H,36,40)/t22-,30-/m0/s1. The van der Waals surface area contributed by atoms with Crippen LogP contribution in [0.15, 0.2) is 78.9 Å². The lowest BCUT2D eigenvalue weighted by Gasteiger charge is -2.24. The lowest BCUT2D eigenvalue weighted by atomic mass is 9.98. The summed E-state index contributed by atoms with van der Waals surface area (Å²) in [6.07, 6.45) is -0.722. The van der Waals surface area contributed by atoms with Crippen molar-refractivity contribution in [2.45, 2.75) is 45.4 Å². The zero-order valence-corrected chi connectivity index (χ0v) is 24.5. The Hall–Kier alpha value is -4.70. The number of nitrogens with one attached hydrogen (secondary N) is 3. The highest BCUT2D eigenvalue weighted by molar-refractivity contribution is 5.91. The van der Waals surface area contributed by atoms with Crippen LogP contribution in [-0.2, 0) is 35.2 Å². The number of hydrogen-bond acceptors (Lipinski definition) is 7. The minimum atomic E-state index is -0.929. The van der Waals surface area contributed by atoms with E-state index in [-0.39, 0.29) is 38.4 Å². The largest absolute Gasteiger partial charge is 0.459 e. The average Bonchev–Trinajstić information content (AvgIpc) is 3.33. The Kier molecular flexibility index (Phi) is 10.9. The van der Waals surface area contributed by atoms with E-state index in [1.54, 1.807) is 13.8 Å². The van der Waals surface area contributed by atoms with Crippen molar-refractivity contribution in [3.8, 4) is 11.1 Å². The number of amides is 3. The van der Waals surface area contributed by atoms with Crippen molar-refractivity contribution in [3.05, 3.63) is 95.6 Å². The molecule has 3 amide bonds. The second-order valence-corrected chi connectivity index (χ2v) is 10.6. The van der Waals surface area contributed by atoms with Gasteiger partial charge < -0.3 is 30.2 Å². The van der Waals surface area contributed by atoms with Crippen molar-refractivity contribution in [1.29, 1.82) is 0 Å². The fraction of sp³-hybridized carbons (Fsp3) is 0.333. The molecule has 0 fully saturated rings. The van der Waals surface area contributed by atoms with E-state index in [0.717, 1.165) is 27.8 Å². The van der Waals surface area contributed by atoms with E-state index in [9.17, 15) is 19.2 Å². The molecule has 3 N–H and O–H groups in total. The van der Waals surface area contributed by atoms with Crippen molar-refractivity contribution in [2.75, 3.05) is 19.9 Å². The van der Waals surface area contributed by atoms with Crippen molar-refractivity contribution in [2.24, 2.45) is 5.92 Å². The van der Waals surface area contributed by atoms with Gasteiger partial charge in [-0.05, 0) is 40.7 Å². The summed E-state index contributed by atoms with van der Waals surface area (Å²) in [5.41, 5.74) is 5.26. The summed E-state index contributed by atoms with van der Waals surface area (Å²) in [7, 11) is 0. The lowest BCUT2D eigenvalue weighted by Crippen LogP contribution is -2.54. The molecule has 0 radical (unpaired) electrons. The molecule has 0 saturated carbocycles. The first-order valence-electron chi connectivity index (χ1n) is 14.2. The minimum Gasteiger partial charge on any atom is -0.459 e. The fourth-order valence-corrected chi connectivity index (χ4v) is 4.86. The van der Waals surface area contributed by atoms with Crippen LogP contribution >= 0.6 is 0 Å². The first kappa shape index (κ1) is 31.2. The van der Waals surface area contributed by atoms with E-state index in [2.05, 4.69) is 28.1 Å². The molecule has 226 valence electrons. The summed E-state index contributed by atoms with van der Waals surface area (Å²) in [5, 5.41) is 7.75. The first-order valence-corrected chi connectivity index (χ1v) is 14.2. The Morgan fingerprint density at radius 2 is 1.35 bits per heavy atom. The Morgan fingerprint density at radius 3 is 1.98 bits per heavy atom. The molecular formula is C33H37N3O7. The molecule has 3 aromatic carbocycles. The van der Waals surface area contributed by atoms with Crippen molar-refractivity contribution in [3.63, 3.8) is 0 Å². The van der Waals surface area contributed by atoms with Crippen LogP contribution in [0.4, 0.5) is 4.79 Å². The van der Waals surface area contributed by atoms with Gasteiger partial charge in [0.15, 0.2) is 0 Å². The summed E-state index contributed by atoms with van der Waals surface area (Å²) in [5.74, 6) is -2.01. The van der Waals surface area contributed by atoms with Gasteiger partial charge in [0.2, 0.25) is 11.8 Å². The summed E-state index contributed by atoms with van der Waals surface area (Å²) in [6.45, 7) is 4.72. The second-order valence-electron chi connectivity index (χ2n) is 10.6. The Balaban J connectivity index is 1.19. The lowest BCUT2D eigenvalue weighted by molar-refractivity contribution is -0.151. The minimum absolute atomic E-state index is 0.110. The van der Waals surface area contributed by atoms with Crippen LogP contribution in [0.1, 0.15) is 43.4 Å². The van der Waals surface area contributed by atoms with Crippen molar-refractivity contribution in [1.82, 2.24) is 16.0 Å². The van der Waals surface area contributed by atoms with Crippen LogP contribution in [0.3, 0.4) is 0 Å². The third kappa shape index (κ3) is 8.42. The monoisotopic (exact) mass is 587 g/mol. The molecule has 0 aliphatic heterocycles. The van der Waals surface area contributed by atoms with Crippen LogP contribution in [0.25, 0.3) is 11.1 Å². The number of carbonyl (C=O) groups is 4. The van der Waals surface area contributed by atoms with E-state index >= 15 is 0 Å². The maximum absolute atomic E-state index is 13.0. The normalized spacial score (nSPS) is 13.3. The molecule has 4 rings (SSSR count). The maximum atomic E-state index is 13.0. The molecule has 0 aromatic heterocycles. The molecule has 3 aromatic rings. The molecule has 0 saturated heterocycles. The Morgan fingerprint density at radius 1 is 0.744 bits per heavy atom. The van der Waals surface area contributed by atoms with Crippen molar-refractivity contribution >= 4 is 23.9 Å². The van der Waals surface area contributed by atoms with E-state index < -0.39 is 36.0 Å². The van der Waals surface area contributed by atoms with Gasteiger partial charge >= 0.3 is 12.1 Å². The molecular weight excluding hydrogens is 550 g/mol. The number of benzene rings is 3. The number of alkyl carbamates (subject to hydrolysis) is 1. The fourth-order valence-electron chi connectivity index (χ4n) is 4.86. The highest BCUT2D eigenvalue weighted by Crippen LogP contribution is 2.44. The van der Waals surface area contributed by atoms with Crippen LogP contribution in [0.5, 0.6) is 0 Å². The third-order valence-electron chi connectivity index (χ3n) is 7.13. The summed E-state index contributed by atoms with van der Waals surface area (Å²) in [6, 6.07) is 23.4. The van der Waals surface area contributed by atoms with Gasteiger partial charge in [-0.15, -0.1) is 0 Å². The third-order valence-corrected chi connectivity index (χ3v) is 7.13. The van der Waals surface area contributed by atoms with Gasteiger partial charge in [-0.1, -0.05) is 92.7 Å². The van der Waals surface area contributed by atoms with Gasteiger partial charge in [-0.3, -0.25) is 9.59 Å². The molecule has 43 heavy (non-hydrogen) atoms. The second kappa shape index (κ2) is 15.0. The number of esters is 1. The maximum Gasteiger partial charge on any atom is 0.407 e. The molecule has 2 atom stereocenters. The predicted octanol–water partition coefficient (Wildman–Crippen LogP) is 3.89. The van der Waals surface area contributed by atoms with Crippen LogP contribution in [0, 0.1) is 5.92 Å². The number of fused-ring (bicyclic) bond motifs is 3. The predicted molar refractivity (Wildman–Crippen MR) is 160 cm³/mol. The molecule has 0 spiro atoms. The van der Waals surface area contributed by atoms with Crippen LogP contribution < -0.4 is 16.0 Å². The number of hydrogen-bond donors (Lipinski definition) is 3. The van der Waals surface area contributed by atoms with E-state index in [4.69, 9.17) is 14.2 Å². The SMILES string of the molecule is CC(C)[C@H](NC(=O)OCC1c2ccccc2-c2ccccc21)C(=O)N[C@@H](C)C(=O)NCOCC(=O)OCc1ccccc1. The first-order chi connectivity index (χ1) is 20.7. The number of rotatable bonds is 13. The topological polar surface area (TPSA) is 132 Å². The van der Waals surface area contributed by atoms with Crippen molar-refractivity contribution < 1.29 is 33.4 Å². The van der Waals surface area contributed by atoms with Gasteiger partial charge in [-0.25, -0.2) is 9.59 Å². The summed E-state index contributed by atoms with van der Waals surface area (Å²) in [4.78, 5) is 50.1. The number of ether oxygens (including phenoxy) is 3. The zero-order valence-electron chi connectivity index (χ0n) is 24.5. The molecule has 10 heteroatoms. The Labute approximate surface area is 251 Å². The van der Waals surface area contributed by atoms with E-state index in [1.165, 1.54) is 6.92 Å². The molecule has 0 unspecified atom stereocenters. The number of carbonyl (C=O) groups excluding carboxylic acids is 4. The zero-order chi connectivity index (χ0) is 30.8. The van der Waals surface area contributed by atoms with Gasteiger partial charge in [-0.2, -0.15) is 0 Å². The smallest absolute Gasteiger partial charge is 0.407 e. The highest BCUT2D eigenvalue weighted by Gasteiger charge is 2.31. The molecule has 1 aliphatic rings. The van der Waals surface area contributed by atoms with Gasteiger partial charge in [0.05, 0.1) is 0 Å². The van der Waals surface area contributed by atoms with Crippen LogP contribution in [0.2, 0.25) is 0 Å². The summed E-state index contributed by atoms with van der Waals surface area (Å²) < 4.78 is 15.9. The van der Waals surface area contributed by atoms with Gasteiger partial charge in [0, 0.05) is 5.92 Å². The molecule has 0 bridgehead atoms. The molecule has 1 aliphatic carbocycles. The molecule has 0 heterocycles. The average molecular weight is 588 g/mol. The van der Waals surface area contributed by atoms with Gasteiger partial charge in [0.1, 0.15) is 38.6 Å². The quantitative estimate of drug-likeness (QED) is 0.157. The van der Waals surface area contributed by atoms with Crippen LogP contribution in [-0.4, -0.2) is 55.9 Å². The Bertz CT molecular complexity index is 1380.